The highest BCUT2D eigenvalue weighted by Crippen LogP contribution is 2.31. The molecule has 3 aromatic carbocycles. The lowest BCUT2D eigenvalue weighted by atomic mass is 9.83. The Labute approximate surface area is 173 Å². The molecule has 4 rings (SSSR count). The zero-order valence-corrected chi connectivity index (χ0v) is 16.3. The average molecular weight is 402 g/mol. The van der Waals surface area contributed by atoms with Crippen LogP contribution in [0.5, 0.6) is 0 Å². The second-order valence-corrected chi connectivity index (χ2v) is 7.24. The van der Waals surface area contributed by atoms with Crippen molar-refractivity contribution in [2.45, 2.75) is 6.54 Å². The minimum Gasteiger partial charge on any atom is -0.324 e. The highest BCUT2D eigenvalue weighted by atomic mass is 19.1. The van der Waals surface area contributed by atoms with Gasteiger partial charge in [-0.1, -0.05) is 54.6 Å². The van der Waals surface area contributed by atoms with Gasteiger partial charge in [-0.05, 0) is 19.2 Å². The predicted molar refractivity (Wildman–Crippen MR) is 111 cm³/mol. The lowest BCUT2D eigenvalue weighted by Crippen LogP contribution is -2.31. The summed E-state index contributed by atoms with van der Waals surface area (Å²) in [6.07, 6.45) is 0. The maximum absolute atomic E-state index is 13.8. The fraction of sp³-hybridized carbons (Fsp3) is 0.125. The summed E-state index contributed by atoms with van der Waals surface area (Å²) in [5.74, 6) is -1.23. The molecule has 0 atom stereocenters. The van der Waals surface area contributed by atoms with Gasteiger partial charge in [-0.15, -0.1) is 0 Å². The van der Waals surface area contributed by atoms with E-state index in [0.717, 1.165) is 0 Å². The van der Waals surface area contributed by atoms with Crippen molar-refractivity contribution >= 4 is 23.2 Å². The number of benzene rings is 3. The summed E-state index contributed by atoms with van der Waals surface area (Å²) in [5.41, 5.74) is 1.95. The van der Waals surface area contributed by atoms with Crippen molar-refractivity contribution in [3.05, 3.63) is 100 Å². The van der Waals surface area contributed by atoms with Gasteiger partial charge >= 0.3 is 0 Å². The molecule has 0 unspecified atom stereocenters. The first kappa shape index (κ1) is 19.7. The quantitative estimate of drug-likeness (QED) is 0.553. The lowest BCUT2D eigenvalue weighted by Gasteiger charge is -2.21. The molecule has 1 N–H and O–H groups in total. The Hall–Kier alpha value is -3.64. The van der Waals surface area contributed by atoms with Gasteiger partial charge in [0.2, 0.25) is 5.91 Å². The third-order valence-corrected chi connectivity index (χ3v) is 5.04. The van der Waals surface area contributed by atoms with Crippen molar-refractivity contribution in [2.75, 3.05) is 18.9 Å². The number of hydrogen-bond acceptors (Lipinski definition) is 4. The number of carbonyl (C=O) groups excluding carboxylic acids is 3. The van der Waals surface area contributed by atoms with Gasteiger partial charge in [-0.2, -0.15) is 0 Å². The zero-order valence-electron chi connectivity index (χ0n) is 16.3. The third kappa shape index (κ3) is 3.65. The van der Waals surface area contributed by atoms with Crippen LogP contribution >= 0.6 is 0 Å². The van der Waals surface area contributed by atoms with Gasteiger partial charge in [-0.3, -0.25) is 19.3 Å². The fourth-order valence-corrected chi connectivity index (χ4v) is 3.66. The summed E-state index contributed by atoms with van der Waals surface area (Å²) in [6, 6.07) is 17.9. The number of rotatable bonds is 5. The highest BCUT2D eigenvalue weighted by Gasteiger charge is 2.31. The van der Waals surface area contributed by atoms with Gasteiger partial charge in [0.05, 0.1) is 17.8 Å². The van der Waals surface area contributed by atoms with Crippen LogP contribution in [0.15, 0.2) is 66.7 Å². The van der Waals surface area contributed by atoms with E-state index >= 15 is 0 Å². The Balaban J connectivity index is 1.53. The van der Waals surface area contributed by atoms with Crippen LogP contribution in [-0.2, 0) is 11.3 Å². The van der Waals surface area contributed by atoms with Gasteiger partial charge in [0.25, 0.3) is 0 Å². The Kier molecular flexibility index (Phi) is 5.25. The van der Waals surface area contributed by atoms with Crippen LogP contribution in [0.1, 0.15) is 37.4 Å². The van der Waals surface area contributed by atoms with E-state index in [9.17, 15) is 18.8 Å². The van der Waals surface area contributed by atoms with Crippen molar-refractivity contribution in [3.63, 3.8) is 0 Å². The average Bonchev–Trinajstić information content (AvgIpc) is 2.73. The normalized spacial score (nSPS) is 12.5. The number of anilines is 1. The van der Waals surface area contributed by atoms with E-state index in [4.69, 9.17) is 0 Å². The molecule has 0 saturated carbocycles. The molecule has 0 heterocycles. The van der Waals surface area contributed by atoms with E-state index in [1.54, 1.807) is 72.6 Å². The molecule has 0 aromatic heterocycles. The Morgan fingerprint density at radius 3 is 2.23 bits per heavy atom. The number of nitrogens with zero attached hydrogens (tertiary/aromatic N) is 1. The van der Waals surface area contributed by atoms with E-state index < -0.39 is 0 Å². The zero-order chi connectivity index (χ0) is 21.3. The topological polar surface area (TPSA) is 66.5 Å². The van der Waals surface area contributed by atoms with Crippen molar-refractivity contribution in [2.24, 2.45) is 0 Å². The Morgan fingerprint density at radius 1 is 0.867 bits per heavy atom. The van der Waals surface area contributed by atoms with E-state index in [1.807, 2.05) is 0 Å². The first-order valence-electron chi connectivity index (χ1n) is 9.49. The number of ketones is 2. The maximum Gasteiger partial charge on any atom is 0.238 e. The second kappa shape index (κ2) is 8.00. The van der Waals surface area contributed by atoms with E-state index in [-0.39, 0.29) is 47.5 Å². The molecule has 1 amide bonds. The van der Waals surface area contributed by atoms with Crippen molar-refractivity contribution in [1.82, 2.24) is 4.90 Å². The molecular weight excluding hydrogens is 383 g/mol. The van der Waals surface area contributed by atoms with Crippen molar-refractivity contribution < 1.29 is 18.8 Å². The number of amides is 1. The van der Waals surface area contributed by atoms with Gasteiger partial charge in [-0.25, -0.2) is 4.39 Å². The molecule has 5 nitrogen and oxygen atoms in total. The van der Waals surface area contributed by atoms with Crippen LogP contribution in [0.25, 0.3) is 0 Å². The molecule has 150 valence electrons. The van der Waals surface area contributed by atoms with Crippen LogP contribution in [0.4, 0.5) is 10.1 Å². The molecule has 0 saturated heterocycles. The number of fused-ring (bicyclic) bond motifs is 2. The van der Waals surface area contributed by atoms with Crippen LogP contribution in [-0.4, -0.2) is 36.0 Å². The maximum atomic E-state index is 13.8. The van der Waals surface area contributed by atoms with Gasteiger partial charge in [0.1, 0.15) is 5.82 Å². The van der Waals surface area contributed by atoms with Gasteiger partial charge in [0.15, 0.2) is 11.6 Å². The first-order chi connectivity index (χ1) is 14.5. The molecule has 0 spiro atoms. The smallest absolute Gasteiger partial charge is 0.238 e. The summed E-state index contributed by atoms with van der Waals surface area (Å²) in [4.78, 5) is 40.0. The molecule has 3 aromatic rings. The summed E-state index contributed by atoms with van der Waals surface area (Å²) < 4.78 is 13.8. The van der Waals surface area contributed by atoms with E-state index in [0.29, 0.717) is 22.4 Å². The third-order valence-electron chi connectivity index (χ3n) is 5.04. The van der Waals surface area contributed by atoms with Crippen LogP contribution in [0.2, 0.25) is 0 Å². The van der Waals surface area contributed by atoms with Crippen molar-refractivity contribution in [1.29, 1.82) is 0 Å². The minimum atomic E-state index is -0.360. The summed E-state index contributed by atoms with van der Waals surface area (Å²) in [6.45, 7) is 0.258. The molecule has 6 heteroatoms. The Bertz CT molecular complexity index is 1170. The lowest BCUT2D eigenvalue weighted by molar-refractivity contribution is -0.117. The summed E-state index contributed by atoms with van der Waals surface area (Å²) >= 11 is 0. The van der Waals surface area contributed by atoms with E-state index in [2.05, 4.69) is 5.32 Å². The van der Waals surface area contributed by atoms with Crippen LogP contribution < -0.4 is 5.32 Å². The van der Waals surface area contributed by atoms with Gasteiger partial charge in [0, 0.05) is 28.8 Å². The monoisotopic (exact) mass is 402 g/mol. The SMILES string of the molecule is CN(CC(=O)Nc1cccc2c1C(=O)c1ccccc1C2=O)Cc1ccccc1F. The van der Waals surface area contributed by atoms with Crippen LogP contribution in [0, 0.1) is 5.82 Å². The summed E-state index contributed by atoms with van der Waals surface area (Å²) in [5, 5.41) is 2.74. The molecule has 0 fully saturated rings. The largest absolute Gasteiger partial charge is 0.324 e. The van der Waals surface area contributed by atoms with Gasteiger partial charge < -0.3 is 5.32 Å². The molecule has 30 heavy (non-hydrogen) atoms. The summed E-state index contributed by atoms with van der Waals surface area (Å²) in [7, 11) is 1.71. The fourth-order valence-electron chi connectivity index (χ4n) is 3.66. The molecular formula is C24H19FN2O3. The number of halogens is 1. The molecule has 1 aliphatic carbocycles. The molecule has 0 bridgehead atoms. The standard InChI is InChI=1S/C24H19FN2O3/c1-27(13-15-7-2-5-11-19(15)25)14-21(28)26-20-12-6-10-18-22(20)24(30)17-9-4-3-8-16(17)23(18)29/h2-12H,13-14H2,1H3,(H,26,28). The molecule has 0 aliphatic heterocycles. The number of likely N-dealkylation sites (N-methyl/N-ethyl adjacent to an activating group) is 1. The van der Waals surface area contributed by atoms with Crippen molar-refractivity contribution in [3.8, 4) is 0 Å². The highest BCUT2D eigenvalue weighted by molar-refractivity contribution is 6.30. The predicted octanol–water partition coefficient (Wildman–Crippen LogP) is 3.67. The number of hydrogen-bond donors (Lipinski definition) is 1. The Morgan fingerprint density at radius 2 is 1.50 bits per heavy atom. The second-order valence-electron chi connectivity index (χ2n) is 7.24. The minimum absolute atomic E-state index is 0.00325. The first-order valence-corrected chi connectivity index (χ1v) is 9.49. The molecule has 0 radical (unpaired) electrons. The number of nitrogens with one attached hydrogen (secondary N) is 1. The van der Waals surface area contributed by atoms with E-state index in [1.165, 1.54) is 6.07 Å². The molecule has 1 aliphatic rings. The van der Waals surface area contributed by atoms with Crippen LogP contribution in [0.3, 0.4) is 0 Å². The number of carbonyl (C=O) groups is 3.